The number of benzene rings is 2. The van der Waals surface area contributed by atoms with Crippen LogP contribution in [0, 0.1) is 5.92 Å². The molecule has 0 saturated carbocycles. The van der Waals surface area contributed by atoms with E-state index in [0.29, 0.717) is 12.3 Å². The molecule has 0 heterocycles. The first kappa shape index (κ1) is 13.0. The van der Waals surface area contributed by atoms with E-state index in [2.05, 4.69) is 22.9 Å². The fourth-order valence-corrected chi connectivity index (χ4v) is 2.56. The molecule has 2 rings (SSSR count). The van der Waals surface area contributed by atoms with Crippen molar-refractivity contribution in [3.05, 3.63) is 42.5 Å². The summed E-state index contributed by atoms with van der Waals surface area (Å²) in [7, 11) is 0. The second-order valence-electron chi connectivity index (χ2n) is 4.70. The summed E-state index contributed by atoms with van der Waals surface area (Å²) in [6.07, 6.45) is 0.567. The van der Waals surface area contributed by atoms with Crippen molar-refractivity contribution in [3.8, 4) is 0 Å². The van der Waals surface area contributed by atoms with E-state index in [1.165, 1.54) is 22.7 Å². The van der Waals surface area contributed by atoms with Crippen LogP contribution in [-0.4, -0.2) is 5.91 Å². The van der Waals surface area contributed by atoms with Crippen molar-refractivity contribution in [2.24, 2.45) is 5.92 Å². The molecule has 1 amide bonds. The lowest BCUT2D eigenvalue weighted by molar-refractivity contribution is -0.119. The molecule has 0 radical (unpaired) electrons. The molecule has 18 heavy (non-hydrogen) atoms. The van der Waals surface area contributed by atoms with Crippen LogP contribution in [0.3, 0.4) is 0 Å². The molecule has 0 fully saturated rings. The molecule has 2 nitrogen and oxygen atoms in total. The quantitative estimate of drug-likeness (QED) is 0.841. The van der Waals surface area contributed by atoms with E-state index in [1.807, 2.05) is 38.1 Å². The fraction of sp³-hybridized carbons (Fsp3) is 0.267. The van der Waals surface area contributed by atoms with Crippen molar-refractivity contribution in [1.82, 2.24) is 4.72 Å². The van der Waals surface area contributed by atoms with Crippen LogP contribution in [0.25, 0.3) is 10.8 Å². The summed E-state index contributed by atoms with van der Waals surface area (Å²) >= 11 is 1.40. The van der Waals surface area contributed by atoms with Crippen LogP contribution in [0.4, 0.5) is 0 Å². The van der Waals surface area contributed by atoms with Gasteiger partial charge < -0.3 is 0 Å². The summed E-state index contributed by atoms with van der Waals surface area (Å²) in [6.45, 7) is 4.09. The Bertz CT molecular complexity index is 546. The number of nitrogens with one attached hydrogen (secondary N) is 1. The van der Waals surface area contributed by atoms with Crippen LogP contribution in [0.1, 0.15) is 20.3 Å². The number of hydrogen-bond donors (Lipinski definition) is 1. The highest BCUT2D eigenvalue weighted by atomic mass is 32.2. The van der Waals surface area contributed by atoms with Crippen molar-refractivity contribution in [2.45, 2.75) is 25.2 Å². The van der Waals surface area contributed by atoms with Gasteiger partial charge in [0.25, 0.3) is 0 Å². The summed E-state index contributed by atoms with van der Waals surface area (Å²) in [6, 6.07) is 14.3. The Labute approximate surface area is 112 Å². The van der Waals surface area contributed by atoms with Crippen molar-refractivity contribution in [2.75, 3.05) is 0 Å². The molecule has 0 aliphatic rings. The van der Waals surface area contributed by atoms with Gasteiger partial charge in [-0.2, -0.15) is 0 Å². The lowest BCUT2D eigenvalue weighted by Crippen LogP contribution is -2.17. The fourth-order valence-electron chi connectivity index (χ4n) is 1.81. The minimum absolute atomic E-state index is 0.0861. The Hall–Kier alpha value is -1.48. The lowest BCUT2D eigenvalue weighted by Gasteiger charge is -2.08. The Kier molecular flexibility index (Phi) is 4.26. The molecule has 0 aliphatic carbocycles. The van der Waals surface area contributed by atoms with Crippen molar-refractivity contribution in [3.63, 3.8) is 0 Å². The van der Waals surface area contributed by atoms with E-state index in [9.17, 15) is 4.79 Å². The summed E-state index contributed by atoms with van der Waals surface area (Å²) in [5, 5.41) is 2.37. The van der Waals surface area contributed by atoms with Crippen molar-refractivity contribution in [1.29, 1.82) is 0 Å². The van der Waals surface area contributed by atoms with Crippen LogP contribution >= 0.6 is 11.9 Å². The van der Waals surface area contributed by atoms with Gasteiger partial charge >= 0.3 is 0 Å². The van der Waals surface area contributed by atoms with Gasteiger partial charge in [-0.05, 0) is 34.7 Å². The van der Waals surface area contributed by atoms with Gasteiger partial charge in [0.2, 0.25) is 5.91 Å². The Morgan fingerprint density at radius 3 is 2.67 bits per heavy atom. The maximum atomic E-state index is 11.6. The van der Waals surface area contributed by atoms with Gasteiger partial charge in [-0.1, -0.05) is 50.2 Å². The van der Waals surface area contributed by atoms with Crippen LogP contribution in [-0.2, 0) is 4.79 Å². The standard InChI is InChI=1S/C15H17NOS/c1-11(2)10-15(17)16-18-14-9-5-7-12-6-3-4-8-13(12)14/h3-9,11H,10H2,1-2H3,(H,16,17). The number of carbonyl (C=O) groups is 1. The Morgan fingerprint density at radius 2 is 1.89 bits per heavy atom. The predicted molar refractivity (Wildman–Crippen MR) is 77.4 cm³/mol. The van der Waals surface area contributed by atoms with Crippen LogP contribution in [0.2, 0.25) is 0 Å². The predicted octanol–water partition coefficient (Wildman–Crippen LogP) is 4.01. The van der Waals surface area contributed by atoms with Gasteiger partial charge in [-0.15, -0.1) is 0 Å². The zero-order valence-corrected chi connectivity index (χ0v) is 11.5. The molecule has 2 aromatic carbocycles. The molecule has 0 saturated heterocycles. The lowest BCUT2D eigenvalue weighted by atomic mass is 10.1. The summed E-state index contributed by atoms with van der Waals surface area (Å²) in [5.41, 5.74) is 0. The van der Waals surface area contributed by atoms with E-state index in [1.54, 1.807) is 0 Å². The molecule has 0 bridgehead atoms. The van der Waals surface area contributed by atoms with E-state index >= 15 is 0 Å². The number of carbonyl (C=O) groups excluding carboxylic acids is 1. The van der Waals surface area contributed by atoms with Crippen molar-refractivity contribution < 1.29 is 4.79 Å². The molecule has 2 aromatic rings. The first-order valence-electron chi connectivity index (χ1n) is 6.10. The van der Waals surface area contributed by atoms with Gasteiger partial charge in [-0.25, -0.2) is 0 Å². The molecule has 0 spiro atoms. The molecule has 1 N–H and O–H groups in total. The third-order valence-corrected chi connectivity index (χ3v) is 3.52. The molecule has 94 valence electrons. The maximum absolute atomic E-state index is 11.6. The van der Waals surface area contributed by atoms with Crippen molar-refractivity contribution >= 4 is 28.6 Å². The first-order valence-corrected chi connectivity index (χ1v) is 6.92. The van der Waals surface area contributed by atoms with E-state index < -0.39 is 0 Å². The molecule has 0 atom stereocenters. The summed E-state index contributed by atoms with van der Waals surface area (Å²) < 4.78 is 2.90. The monoisotopic (exact) mass is 259 g/mol. The highest BCUT2D eigenvalue weighted by Gasteiger charge is 2.06. The van der Waals surface area contributed by atoms with Gasteiger partial charge in [-0.3, -0.25) is 9.52 Å². The van der Waals surface area contributed by atoms with E-state index in [4.69, 9.17) is 0 Å². The number of hydrogen-bond acceptors (Lipinski definition) is 2. The van der Waals surface area contributed by atoms with Gasteiger partial charge in [0.15, 0.2) is 0 Å². The van der Waals surface area contributed by atoms with Gasteiger partial charge in [0.05, 0.1) is 0 Å². The molecule has 0 unspecified atom stereocenters. The number of amides is 1. The van der Waals surface area contributed by atoms with Gasteiger partial charge in [0, 0.05) is 11.3 Å². The zero-order valence-electron chi connectivity index (χ0n) is 10.6. The highest BCUT2D eigenvalue weighted by Crippen LogP contribution is 2.25. The average molecular weight is 259 g/mol. The minimum Gasteiger partial charge on any atom is -0.296 e. The average Bonchev–Trinajstić information content (AvgIpc) is 2.35. The van der Waals surface area contributed by atoms with Gasteiger partial charge in [0.1, 0.15) is 0 Å². The van der Waals surface area contributed by atoms with Crippen LogP contribution < -0.4 is 4.72 Å². The smallest absolute Gasteiger partial charge is 0.230 e. The Balaban J connectivity index is 2.10. The highest BCUT2D eigenvalue weighted by molar-refractivity contribution is 7.98. The number of fused-ring (bicyclic) bond motifs is 1. The second-order valence-corrected chi connectivity index (χ2v) is 5.55. The van der Waals surface area contributed by atoms with Crippen LogP contribution in [0.5, 0.6) is 0 Å². The van der Waals surface area contributed by atoms with E-state index in [-0.39, 0.29) is 5.91 Å². The molecular weight excluding hydrogens is 242 g/mol. The summed E-state index contributed by atoms with van der Waals surface area (Å²) in [4.78, 5) is 12.7. The molecule has 3 heteroatoms. The van der Waals surface area contributed by atoms with Crippen LogP contribution in [0.15, 0.2) is 47.4 Å². The minimum atomic E-state index is 0.0861. The number of rotatable bonds is 4. The second kappa shape index (κ2) is 5.91. The summed E-state index contributed by atoms with van der Waals surface area (Å²) in [5.74, 6) is 0.473. The third kappa shape index (κ3) is 3.26. The van der Waals surface area contributed by atoms with E-state index in [0.717, 1.165) is 4.90 Å². The molecule has 0 aromatic heterocycles. The molecular formula is C15H17NOS. The molecule has 0 aliphatic heterocycles. The first-order chi connectivity index (χ1) is 8.66. The largest absolute Gasteiger partial charge is 0.296 e. The maximum Gasteiger partial charge on any atom is 0.230 e. The third-order valence-electron chi connectivity index (χ3n) is 2.62. The normalized spacial score (nSPS) is 10.8. The SMILES string of the molecule is CC(C)CC(=O)NSc1cccc2ccccc12. The topological polar surface area (TPSA) is 29.1 Å². The zero-order chi connectivity index (χ0) is 13.0. The Morgan fingerprint density at radius 1 is 1.17 bits per heavy atom.